The predicted molar refractivity (Wildman–Crippen MR) is 57.4 cm³/mol. The molecule has 0 heterocycles. The van der Waals surface area contributed by atoms with Gasteiger partial charge in [0.1, 0.15) is 6.61 Å². The maximum Gasteiger partial charge on any atom is 0.333 e. The molecule has 0 rings (SSSR count). The largest absolute Gasteiger partial charge is 0.457 e. The van der Waals surface area contributed by atoms with Gasteiger partial charge in [-0.1, -0.05) is 13.5 Å². The van der Waals surface area contributed by atoms with E-state index in [0.29, 0.717) is 18.8 Å². The molecule has 4 nitrogen and oxygen atoms in total. The lowest BCUT2D eigenvalue weighted by molar-refractivity contribution is -0.178. The van der Waals surface area contributed by atoms with Gasteiger partial charge in [0, 0.05) is 18.8 Å². The fourth-order valence-corrected chi connectivity index (χ4v) is 0.846. The summed E-state index contributed by atoms with van der Waals surface area (Å²) in [6.07, 6.45) is 0.427. The molecule has 1 unspecified atom stereocenters. The van der Waals surface area contributed by atoms with Crippen molar-refractivity contribution in [3.05, 3.63) is 12.2 Å². The summed E-state index contributed by atoms with van der Waals surface area (Å²) in [6.45, 7) is 10.2. The summed E-state index contributed by atoms with van der Waals surface area (Å²) in [7, 11) is 0. The van der Waals surface area contributed by atoms with Gasteiger partial charge in [-0.05, 0) is 20.3 Å². The van der Waals surface area contributed by atoms with Gasteiger partial charge in [0.15, 0.2) is 6.29 Å². The van der Waals surface area contributed by atoms with Crippen LogP contribution in [-0.4, -0.2) is 32.1 Å². The van der Waals surface area contributed by atoms with E-state index in [4.69, 9.17) is 14.2 Å². The van der Waals surface area contributed by atoms with Crippen LogP contribution in [0, 0.1) is 0 Å². The molecule has 15 heavy (non-hydrogen) atoms. The topological polar surface area (TPSA) is 44.8 Å². The van der Waals surface area contributed by atoms with E-state index in [-0.39, 0.29) is 6.61 Å². The molecule has 0 radical (unpaired) electrons. The van der Waals surface area contributed by atoms with E-state index < -0.39 is 12.3 Å². The number of carbonyl (C=O) groups excluding carboxylic acids is 1. The van der Waals surface area contributed by atoms with Gasteiger partial charge in [-0.3, -0.25) is 0 Å². The molecule has 0 aromatic heterocycles. The van der Waals surface area contributed by atoms with Crippen LogP contribution in [0.15, 0.2) is 12.2 Å². The van der Waals surface area contributed by atoms with Crippen LogP contribution in [0.3, 0.4) is 0 Å². The first-order valence-corrected chi connectivity index (χ1v) is 5.17. The van der Waals surface area contributed by atoms with Crippen LogP contribution in [-0.2, 0) is 19.0 Å². The molecule has 0 aromatic rings. The molecule has 1 atom stereocenters. The number of carbonyl (C=O) groups is 1. The third-order valence-electron chi connectivity index (χ3n) is 1.56. The molecule has 0 bridgehead atoms. The van der Waals surface area contributed by atoms with Crippen LogP contribution >= 0.6 is 0 Å². The van der Waals surface area contributed by atoms with Crippen molar-refractivity contribution in [3.8, 4) is 0 Å². The molecular formula is C11H20O4. The molecule has 0 fully saturated rings. The first-order valence-electron chi connectivity index (χ1n) is 5.17. The molecule has 0 aliphatic carbocycles. The summed E-state index contributed by atoms with van der Waals surface area (Å²) in [5.74, 6) is -0.417. The minimum Gasteiger partial charge on any atom is -0.457 e. The molecule has 0 aliphatic rings. The van der Waals surface area contributed by atoms with Crippen molar-refractivity contribution in [2.75, 3.05) is 19.8 Å². The molecule has 0 amide bonds. The third kappa shape index (κ3) is 7.11. The zero-order valence-electron chi connectivity index (χ0n) is 9.75. The summed E-state index contributed by atoms with van der Waals surface area (Å²) in [5.41, 5.74) is 0.376. The van der Waals surface area contributed by atoms with Crippen molar-refractivity contribution in [1.82, 2.24) is 0 Å². The lowest BCUT2D eigenvalue weighted by Gasteiger charge is -2.17. The van der Waals surface area contributed by atoms with E-state index in [0.717, 1.165) is 6.42 Å². The summed E-state index contributed by atoms with van der Waals surface area (Å²) >= 11 is 0. The Morgan fingerprint density at radius 2 is 2.00 bits per heavy atom. The van der Waals surface area contributed by atoms with Gasteiger partial charge in [0.25, 0.3) is 0 Å². The smallest absolute Gasteiger partial charge is 0.333 e. The highest BCUT2D eigenvalue weighted by Gasteiger charge is 2.12. The van der Waals surface area contributed by atoms with E-state index in [9.17, 15) is 4.79 Å². The average molecular weight is 216 g/mol. The minimum absolute atomic E-state index is 0.111. The molecular weight excluding hydrogens is 196 g/mol. The maximum atomic E-state index is 11.1. The van der Waals surface area contributed by atoms with E-state index in [2.05, 4.69) is 6.58 Å². The fourth-order valence-electron chi connectivity index (χ4n) is 0.846. The van der Waals surface area contributed by atoms with Gasteiger partial charge in [0.2, 0.25) is 0 Å². The van der Waals surface area contributed by atoms with Crippen LogP contribution in [0.1, 0.15) is 27.2 Å². The molecule has 0 N–H and O–H groups in total. The SMILES string of the molecule is C=C(C)C(=O)OCC(OCC)OCCC. The second-order valence-electron chi connectivity index (χ2n) is 3.13. The Kier molecular flexibility index (Phi) is 7.95. The number of rotatable bonds is 8. The predicted octanol–water partition coefficient (Wildman–Crippen LogP) is 1.89. The van der Waals surface area contributed by atoms with Crippen LogP contribution in [0.2, 0.25) is 0 Å². The maximum absolute atomic E-state index is 11.1. The Morgan fingerprint density at radius 1 is 1.33 bits per heavy atom. The Labute approximate surface area is 91.2 Å². The quantitative estimate of drug-likeness (QED) is 0.353. The summed E-state index contributed by atoms with van der Waals surface area (Å²) in [4.78, 5) is 11.1. The summed E-state index contributed by atoms with van der Waals surface area (Å²) in [5, 5.41) is 0. The lowest BCUT2D eigenvalue weighted by Crippen LogP contribution is -2.25. The van der Waals surface area contributed by atoms with Crippen molar-refractivity contribution in [2.45, 2.75) is 33.5 Å². The minimum atomic E-state index is -0.474. The van der Waals surface area contributed by atoms with E-state index in [1.165, 1.54) is 0 Å². The molecule has 0 aromatic carbocycles. The number of hydrogen-bond acceptors (Lipinski definition) is 4. The molecule has 0 saturated carbocycles. The average Bonchev–Trinajstić information content (AvgIpc) is 2.21. The molecule has 0 spiro atoms. The van der Waals surface area contributed by atoms with Gasteiger partial charge in [0.05, 0.1) is 0 Å². The number of esters is 1. The monoisotopic (exact) mass is 216 g/mol. The number of ether oxygens (including phenoxy) is 3. The van der Waals surface area contributed by atoms with Gasteiger partial charge >= 0.3 is 5.97 Å². The van der Waals surface area contributed by atoms with Crippen molar-refractivity contribution in [3.63, 3.8) is 0 Å². The van der Waals surface area contributed by atoms with E-state index in [1.54, 1.807) is 6.92 Å². The van der Waals surface area contributed by atoms with Gasteiger partial charge in [-0.2, -0.15) is 0 Å². The zero-order chi connectivity index (χ0) is 11.7. The van der Waals surface area contributed by atoms with E-state index >= 15 is 0 Å². The van der Waals surface area contributed by atoms with Crippen molar-refractivity contribution in [2.24, 2.45) is 0 Å². The second-order valence-corrected chi connectivity index (χ2v) is 3.13. The number of hydrogen-bond donors (Lipinski definition) is 0. The highest BCUT2D eigenvalue weighted by molar-refractivity contribution is 5.86. The Bertz CT molecular complexity index is 201. The van der Waals surface area contributed by atoms with Crippen LogP contribution in [0.5, 0.6) is 0 Å². The van der Waals surface area contributed by atoms with E-state index in [1.807, 2.05) is 13.8 Å². The standard InChI is InChI=1S/C11H20O4/c1-5-7-14-10(13-6-2)8-15-11(12)9(3)4/h10H,3,5-8H2,1-2,4H3. The molecule has 4 heteroatoms. The van der Waals surface area contributed by atoms with Gasteiger partial charge in [-0.25, -0.2) is 4.79 Å². The van der Waals surface area contributed by atoms with Crippen LogP contribution in [0.4, 0.5) is 0 Å². The Morgan fingerprint density at radius 3 is 2.47 bits per heavy atom. The molecule has 0 saturated heterocycles. The zero-order valence-corrected chi connectivity index (χ0v) is 9.75. The highest BCUT2D eigenvalue weighted by Crippen LogP contribution is 2.00. The fraction of sp³-hybridized carbons (Fsp3) is 0.727. The normalized spacial score (nSPS) is 12.2. The Balaban J connectivity index is 3.83. The van der Waals surface area contributed by atoms with Crippen LogP contribution < -0.4 is 0 Å². The van der Waals surface area contributed by atoms with Crippen molar-refractivity contribution in [1.29, 1.82) is 0 Å². The first kappa shape index (κ1) is 14.1. The Hall–Kier alpha value is -0.870. The van der Waals surface area contributed by atoms with Crippen molar-refractivity contribution >= 4 is 5.97 Å². The molecule has 88 valence electrons. The lowest BCUT2D eigenvalue weighted by atomic mass is 10.4. The molecule has 0 aliphatic heterocycles. The second kappa shape index (κ2) is 8.44. The van der Waals surface area contributed by atoms with Crippen LogP contribution in [0.25, 0.3) is 0 Å². The summed E-state index contributed by atoms with van der Waals surface area (Å²) < 4.78 is 15.5. The van der Waals surface area contributed by atoms with Gasteiger partial charge in [-0.15, -0.1) is 0 Å². The van der Waals surface area contributed by atoms with Crippen molar-refractivity contribution < 1.29 is 19.0 Å². The third-order valence-corrected chi connectivity index (χ3v) is 1.56. The highest BCUT2D eigenvalue weighted by atomic mass is 16.7. The first-order chi connectivity index (χ1) is 7.11. The summed E-state index contributed by atoms with van der Waals surface area (Å²) in [6, 6.07) is 0. The van der Waals surface area contributed by atoms with Gasteiger partial charge < -0.3 is 14.2 Å².